The van der Waals surface area contributed by atoms with Crippen LogP contribution < -0.4 is 10.6 Å². The van der Waals surface area contributed by atoms with Crippen LogP contribution in [0, 0.1) is 5.82 Å². The number of amides is 2. The van der Waals surface area contributed by atoms with Crippen LogP contribution in [0.5, 0.6) is 0 Å². The molecule has 1 aromatic rings. The Kier molecular flexibility index (Phi) is 4.52. The van der Waals surface area contributed by atoms with Gasteiger partial charge >= 0.3 is 5.97 Å². The molecule has 2 rings (SSSR count). The van der Waals surface area contributed by atoms with Crippen LogP contribution in [-0.2, 0) is 20.8 Å². The first-order valence-corrected chi connectivity index (χ1v) is 6.53. The first-order chi connectivity index (χ1) is 9.97. The van der Waals surface area contributed by atoms with Crippen molar-refractivity contribution in [2.75, 3.05) is 0 Å². The van der Waals surface area contributed by atoms with Gasteiger partial charge in [0.2, 0.25) is 11.8 Å². The lowest BCUT2D eigenvalue weighted by atomic mass is 10.0. The molecule has 2 atom stereocenters. The summed E-state index contributed by atoms with van der Waals surface area (Å²) in [5, 5.41) is 13.9. The van der Waals surface area contributed by atoms with Crippen molar-refractivity contribution in [1.82, 2.24) is 10.6 Å². The molecule has 0 aromatic heterocycles. The minimum absolute atomic E-state index is 0.158. The van der Waals surface area contributed by atoms with E-state index in [0.717, 1.165) is 0 Å². The van der Waals surface area contributed by atoms with E-state index in [9.17, 15) is 18.8 Å². The highest BCUT2D eigenvalue weighted by Gasteiger charge is 2.30. The monoisotopic (exact) mass is 294 g/mol. The number of hydrogen-bond donors (Lipinski definition) is 3. The summed E-state index contributed by atoms with van der Waals surface area (Å²) in [7, 11) is 0. The number of rotatable bonds is 5. The SMILES string of the molecule is O=C1CC[C@@H](C(=O)N[C@H](Cc2ccccc2F)C(=O)O)N1. The van der Waals surface area contributed by atoms with Gasteiger partial charge in [-0.05, 0) is 18.1 Å². The van der Waals surface area contributed by atoms with E-state index < -0.39 is 29.8 Å². The quantitative estimate of drug-likeness (QED) is 0.723. The molecule has 1 fully saturated rings. The molecule has 0 radical (unpaired) electrons. The van der Waals surface area contributed by atoms with E-state index in [1.165, 1.54) is 18.2 Å². The van der Waals surface area contributed by atoms with Crippen LogP contribution in [-0.4, -0.2) is 35.0 Å². The molecule has 0 aliphatic carbocycles. The Hall–Kier alpha value is -2.44. The van der Waals surface area contributed by atoms with E-state index in [0.29, 0.717) is 6.42 Å². The first-order valence-electron chi connectivity index (χ1n) is 6.53. The highest BCUT2D eigenvalue weighted by atomic mass is 19.1. The molecule has 1 aliphatic rings. The minimum atomic E-state index is -1.25. The second-order valence-corrected chi connectivity index (χ2v) is 4.85. The molecule has 0 unspecified atom stereocenters. The number of benzene rings is 1. The Labute approximate surface area is 120 Å². The van der Waals surface area contributed by atoms with Crippen LogP contribution in [0.15, 0.2) is 24.3 Å². The van der Waals surface area contributed by atoms with Crippen LogP contribution in [0.3, 0.4) is 0 Å². The zero-order chi connectivity index (χ0) is 15.4. The van der Waals surface area contributed by atoms with Crippen LogP contribution in [0.25, 0.3) is 0 Å². The molecule has 0 spiro atoms. The fourth-order valence-electron chi connectivity index (χ4n) is 2.17. The summed E-state index contributed by atoms with van der Waals surface area (Å²) in [6, 6.07) is 3.83. The number of nitrogens with one attached hydrogen (secondary N) is 2. The van der Waals surface area contributed by atoms with Crippen LogP contribution in [0.4, 0.5) is 4.39 Å². The lowest BCUT2D eigenvalue weighted by molar-refractivity contribution is -0.142. The van der Waals surface area contributed by atoms with Crippen molar-refractivity contribution in [3.8, 4) is 0 Å². The molecule has 3 N–H and O–H groups in total. The Morgan fingerprint density at radius 2 is 2.14 bits per heavy atom. The van der Waals surface area contributed by atoms with Gasteiger partial charge in [0.1, 0.15) is 17.9 Å². The number of halogens is 1. The molecular formula is C14H15FN2O4. The summed E-state index contributed by atoms with van der Waals surface area (Å²) in [5.41, 5.74) is 0.209. The molecule has 0 bridgehead atoms. The summed E-state index contributed by atoms with van der Waals surface area (Å²) in [6.45, 7) is 0. The van der Waals surface area contributed by atoms with Crippen LogP contribution in [0.1, 0.15) is 18.4 Å². The Morgan fingerprint density at radius 1 is 1.43 bits per heavy atom. The van der Waals surface area contributed by atoms with Gasteiger partial charge in [0, 0.05) is 12.8 Å². The average molecular weight is 294 g/mol. The topological polar surface area (TPSA) is 95.5 Å². The highest BCUT2D eigenvalue weighted by Crippen LogP contribution is 2.11. The van der Waals surface area contributed by atoms with Crippen molar-refractivity contribution < 1.29 is 23.9 Å². The van der Waals surface area contributed by atoms with Crippen molar-refractivity contribution in [2.45, 2.75) is 31.3 Å². The maximum Gasteiger partial charge on any atom is 0.326 e. The second kappa shape index (κ2) is 6.34. The van der Waals surface area contributed by atoms with E-state index in [2.05, 4.69) is 10.6 Å². The number of aliphatic carboxylic acids is 1. The van der Waals surface area contributed by atoms with Gasteiger partial charge in [-0.15, -0.1) is 0 Å². The molecule has 1 aliphatic heterocycles. The molecular weight excluding hydrogens is 279 g/mol. The second-order valence-electron chi connectivity index (χ2n) is 4.85. The van der Waals surface area contributed by atoms with Gasteiger partial charge in [0.05, 0.1) is 0 Å². The fraction of sp³-hybridized carbons (Fsp3) is 0.357. The van der Waals surface area contributed by atoms with E-state index >= 15 is 0 Å². The lowest BCUT2D eigenvalue weighted by Crippen LogP contribution is -2.49. The van der Waals surface area contributed by atoms with Crippen molar-refractivity contribution in [3.05, 3.63) is 35.6 Å². The molecule has 0 saturated carbocycles. The average Bonchev–Trinajstić information content (AvgIpc) is 2.87. The summed E-state index contributed by atoms with van der Waals surface area (Å²) >= 11 is 0. The Bertz CT molecular complexity index is 576. The van der Waals surface area contributed by atoms with Crippen molar-refractivity contribution in [1.29, 1.82) is 0 Å². The number of carboxylic acids is 1. The molecule has 6 nitrogen and oxygen atoms in total. The van der Waals surface area contributed by atoms with Crippen molar-refractivity contribution in [2.24, 2.45) is 0 Å². The van der Waals surface area contributed by atoms with Gasteiger partial charge in [-0.2, -0.15) is 0 Å². The predicted molar refractivity (Wildman–Crippen MR) is 70.8 cm³/mol. The highest BCUT2D eigenvalue weighted by molar-refractivity contribution is 5.92. The van der Waals surface area contributed by atoms with Crippen LogP contribution >= 0.6 is 0 Å². The third kappa shape index (κ3) is 3.77. The van der Waals surface area contributed by atoms with Gasteiger partial charge in [-0.25, -0.2) is 9.18 Å². The molecule has 1 heterocycles. The van der Waals surface area contributed by atoms with Crippen LogP contribution in [0.2, 0.25) is 0 Å². The summed E-state index contributed by atoms with van der Waals surface area (Å²) in [6.07, 6.45) is 0.411. The number of carbonyl (C=O) groups is 3. The maximum absolute atomic E-state index is 13.5. The largest absolute Gasteiger partial charge is 0.480 e. The third-order valence-electron chi connectivity index (χ3n) is 3.31. The van der Waals surface area contributed by atoms with E-state index in [1.54, 1.807) is 6.07 Å². The summed E-state index contributed by atoms with van der Waals surface area (Å²) in [5.74, 6) is -2.58. The summed E-state index contributed by atoms with van der Waals surface area (Å²) in [4.78, 5) is 34.2. The van der Waals surface area contributed by atoms with Gasteiger partial charge in [-0.3, -0.25) is 9.59 Å². The fourth-order valence-corrected chi connectivity index (χ4v) is 2.17. The Morgan fingerprint density at radius 3 is 2.71 bits per heavy atom. The van der Waals surface area contributed by atoms with E-state index in [4.69, 9.17) is 5.11 Å². The zero-order valence-electron chi connectivity index (χ0n) is 11.1. The van der Waals surface area contributed by atoms with Crippen molar-refractivity contribution in [3.63, 3.8) is 0 Å². The molecule has 21 heavy (non-hydrogen) atoms. The van der Waals surface area contributed by atoms with Crippen molar-refractivity contribution >= 4 is 17.8 Å². The molecule has 7 heteroatoms. The minimum Gasteiger partial charge on any atom is -0.480 e. The van der Waals surface area contributed by atoms with E-state index in [-0.39, 0.29) is 24.3 Å². The zero-order valence-corrected chi connectivity index (χ0v) is 11.1. The normalized spacial score (nSPS) is 18.9. The molecule has 1 saturated heterocycles. The van der Waals surface area contributed by atoms with Gasteiger partial charge in [0.25, 0.3) is 0 Å². The van der Waals surface area contributed by atoms with E-state index in [1.807, 2.05) is 0 Å². The van der Waals surface area contributed by atoms with Gasteiger partial charge in [-0.1, -0.05) is 18.2 Å². The predicted octanol–water partition coefficient (Wildman–Crippen LogP) is 0.216. The number of carbonyl (C=O) groups excluding carboxylic acids is 2. The maximum atomic E-state index is 13.5. The van der Waals surface area contributed by atoms with Gasteiger partial charge in [0.15, 0.2) is 0 Å². The molecule has 112 valence electrons. The number of carboxylic acid groups (broad SMARTS) is 1. The van der Waals surface area contributed by atoms with Gasteiger partial charge < -0.3 is 15.7 Å². The third-order valence-corrected chi connectivity index (χ3v) is 3.31. The first kappa shape index (κ1) is 15.0. The smallest absolute Gasteiger partial charge is 0.326 e. The Balaban J connectivity index is 2.03. The standard InChI is InChI=1S/C14H15FN2O4/c15-9-4-2-1-3-8(9)7-11(14(20)21)17-13(19)10-5-6-12(18)16-10/h1-4,10-11H,5-7H2,(H,16,18)(H,17,19)(H,20,21)/t10-,11+/m0/s1. The number of hydrogen-bond acceptors (Lipinski definition) is 3. The molecule has 2 amide bonds. The molecule has 1 aromatic carbocycles. The summed E-state index contributed by atoms with van der Waals surface area (Å²) < 4.78 is 13.5. The lowest BCUT2D eigenvalue weighted by Gasteiger charge is -2.17.